The number of nitrogens with one attached hydrogen (secondary N) is 1. The van der Waals surface area contributed by atoms with Crippen LogP contribution in [-0.2, 0) is 4.74 Å². The monoisotopic (exact) mass is 394 g/mol. The summed E-state index contributed by atoms with van der Waals surface area (Å²) in [5, 5.41) is 4.57. The number of hydrogen-bond donors (Lipinski definition) is 1. The van der Waals surface area contributed by atoms with Crippen LogP contribution in [0, 0.1) is 6.92 Å². The third-order valence-electron chi connectivity index (χ3n) is 5.36. The molecule has 1 aromatic heterocycles. The number of ether oxygens (including phenoxy) is 1. The molecule has 0 radical (unpaired) electrons. The summed E-state index contributed by atoms with van der Waals surface area (Å²) in [6.45, 7) is 4.69. The van der Waals surface area contributed by atoms with Crippen LogP contribution in [0.1, 0.15) is 35.7 Å². The summed E-state index contributed by atoms with van der Waals surface area (Å²) in [7, 11) is 0. The lowest BCUT2D eigenvalue weighted by molar-refractivity contribution is 0.0713. The molecule has 5 heteroatoms. The number of amides is 1. The van der Waals surface area contributed by atoms with Gasteiger partial charge >= 0.3 is 0 Å². The number of nitrogens with zero attached hydrogens (tertiary/aromatic N) is 1. The van der Waals surface area contributed by atoms with Crippen LogP contribution in [0.4, 0.5) is 0 Å². The largest absolute Gasteiger partial charge is 0.376 e. The van der Waals surface area contributed by atoms with Gasteiger partial charge in [0.05, 0.1) is 28.9 Å². The molecule has 0 saturated carbocycles. The molecule has 3 aromatic rings. The quantitative estimate of drug-likeness (QED) is 0.664. The van der Waals surface area contributed by atoms with Crippen molar-refractivity contribution >= 4 is 28.4 Å². The van der Waals surface area contributed by atoms with Crippen molar-refractivity contribution in [1.82, 2.24) is 10.3 Å². The summed E-state index contributed by atoms with van der Waals surface area (Å²) in [4.78, 5) is 18.0. The van der Waals surface area contributed by atoms with Crippen molar-refractivity contribution < 1.29 is 9.53 Å². The zero-order valence-corrected chi connectivity index (χ0v) is 16.8. The van der Waals surface area contributed by atoms with Gasteiger partial charge in [-0.1, -0.05) is 48.0 Å². The Morgan fingerprint density at radius 2 is 2.04 bits per heavy atom. The van der Waals surface area contributed by atoms with Gasteiger partial charge in [0, 0.05) is 22.6 Å². The van der Waals surface area contributed by atoms with Crippen LogP contribution in [0.25, 0.3) is 22.2 Å². The van der Waals surface area contributed by atoms with Crippen molar-refractivity contribution in [3.05, 3.63) is 64.7 Å². The minimum Gasteiger partial charge on any atom is -0.376 e. The van der Waals surface area contributed by atoms with Gasteiger partial charge in [-0.3, -0.25) is 4.79 Å². The van der Waals surface area contributed by atoms with E-state index in [1.165, 1.54) is 0 Å². The van der Waals surface area contributed by atoms with Crippen LogP contribution in [-0.4, -0.2) is 29.6 Å². The average molecular weight is 395 g/mol. The summed E-state index contributed by atoms with van der Waals surface area (Å²) >= 11 is 6.33. The number of halogens is 1. The van der Waals surface area contributed by atoms with Crippen LogP contribution in [0.5, 0.6) is 0 Å². The molecule has 4 rings (SSSR count). The molecule has 144 valence electrons. The van der Waals surface area contributed by atoms with Gasteiger partial charge in [0.25, 0.3) is 5.91 Å². The van der Waals surface area contributed by atoms with E-state index in [1.54, 1.807) is 0 Å². The number of rotatable bonds is 4. The molecule has 2 atom stereocenters. The topological polar surface area (TPSA) is 51.2 Å². The van der Waals surface area contributed by atoms with Gasteiger partial charge in [-0.15, -0.1) is 0 Å². The first-order valence-electron chi connectivity index (χ1n) is 9.62. The molecule has 1 aliphatic rings. The van der Waals surface area contributed by atoms with Gasteiger partial charge in [0.15, 0.2) is 0 Å². The second-order valence-electron chi connectivity index (χ2n) is 7.30. The highest BCUT2D eigenvalue weighted by Crippen LogP contribution is 2.30. The molecule has 2 aromatic carbocycles. The van der Waals surface area contributed by atoms with E-state index < -0.39 is 0 Å². The fourth-order valence-corrected chi connectivity index (χ4v) is 3.88. The summed E-state index contributed by atoms with van der Waals surface area (Å²) in [5.41, 5.74) is 3.95. The predicted octanol–water partition coefficient (Wildman–Crippen LogP) is 5.16. The highest BCUT2D eigenvalue weighted by Gasteiger charge is 2.25. The van der Waals surface area contributed by atoms with Gasteiger partial charge in [-0.05, 0) is 44.4 Å². The molecular weight excluding hydrogens is 372 g/mol. The Hall–Kier alpha value is -2.43. The molecule has 0 bridgehead atoms. The maximum Gasteiger partial charge on any atom is 0.252 e. The lowest BCUT2D eigenvalue weighted by Gasteiger charge is -2.21. The van der Waals surface area contributed by atoms with Crippen LogP contribution in [0.15, 0.2) is 48.5 Å². The Labute approximate surface area is 169 Å². The highest BCUT2D eigenvalue weighted by molar-refractivity contribution is 6.32. The second-order valence-corrected chi connectivity index (χ2v) is 7.71. The van der Waals surface area contributed by atoms with Gasteiger partial charge < -0.3 is 10.1 Å². The van der Waals surface area contributed by atoms with Crippen molar-refractivity contribution in [2.75, 3.05) is 6.61 Å². The standard InChI is InChI=1S/C23H23ClN2O2/c1-14-19(24)11-10-17-18(23(27)25-15(2)21-9-6-12-28-21)13-20(26-22(14)17)16-7-4-3-5-8-16/h3-5,7-8,10-11,13,15,21H,6,9,12H2,1-2H3,(H,25,27)/t15-,21-/m1/s1. The Balaban J connectivity index is 1.79. The lowest BCUT2D eigenvalue weighted by Crippen LogP contribution is -2.40. The Kier molecular flexibility index (Phi) is 5.33. The maximum atomic E-state index is 13.2. The zero-order valence-electron chi connectivity index (χ0n) is 16.0. The van der Waals surface area contributed by atoms with Crippen molar-refractivity contribution in [3.63, 3.8) is 0 Å². The molecule has 4 nitrogen and oxygen atoms in total. The Bertz CT molecular complexity index is 1010. The molecule has 1 saturated heterocycles. The van der Waals surface area contributed by atoms with Gasteiger partial charge in [0.2, 0.25) is 0 Å². The average Bonchev–Trinajstić information content (AvgIpc) is 3.26. The molecule has 1 amide bonds. The Morgan fingerprint density at radius 3 is 2.75 bits per heavy atom. The number of carbonyl (C=O) groups excluding carboxylic acids is 1. The first-order chi connectivity index (χ1) is 13.5. The number of aryl methyl sites for hydroxylation is 1. The zero-order chi connectivity index (χ0) is 19.7. The predicted molar refractivity (Wildman–Crippen MR) is 113 cm³/mol. The molecule has 28 heavy (non-hydrogen) atoms. The summed E-state index contributed by atoms with van der Waals surface area (Å²) in [6, 6.07) is 15.4. The molecule has 0 spiro atoms. The molecule has 1 fully saturated rings. The molecule has 0 aliphatic carbocycles. The van der Waals surface area contributed by atoms with Crippen LogP contribution in [0.2, 0.25) is 5.02 Å². The summed E-state index contributed by atoms with van der Waals surface area (Å²) < 4.78 is 5.72. The number of fused-ring (bicyclic) bond motifs is 1. The Morgan fingerprint density at radius 1 is 1.25 bits per heavy atom. The molecule has 1 N–H and O–H groups in total. The highest BCUT2D eigenvalue weighted by atomic mass is 35.5. The number of aromatic nitrogens is 1. The van der Waals surface area contributed by atoms with E-state index in [4.69, 9.17) is 21.3 Å². The number of carbonyl (C=O) groups is 1. The normalized spacial score (nSPS) is 17.6. The minimum absolute atomic E-state index is 0.0493. The first kappa shape index (κ1) is 18.9. The van der Waals surface area contributed by atoms with Crippen LogP contribution >= 0.6 is 11.6 Å². The molecule has 1 aliphatic heterocycles. The van der Waals surface area contributed by atoms with Crippen molar-refractivity contribution in [2.24, 2.45) is 0 Å². The van der Waals surface area contributed by atoms with Crippen LogP contribution < -0.4 is 5.32 Å². The fourth-order valence-electron chi connectivity index (χ4n) is 3.72. The minimum atomic E-state index is -0.116. The smallest absolute Gasteiger partial charge is 0.252 e. The fraction of sp³-hybridized carbons (Fsp3) is 0.304. The van der Waals surface area contributed by atoms with E-state index in [1.807, 2.05) is 62.4 Å². The summed E-state index contributed by atoms with van der Waals surface area (Å²) in [6.07, 6.45) is 2.09. The van der Waals surface area contributed by atoms with Crippen LogP contribution in [0.3, 0.4) is 0 Å². The van der Waals surface area contributed by atoms with Gasteiger partial charge in [-0.2, -0.15) is 0 Å². The lowest BCUT2D eigenvalue weighted by atomic mass is 10.0. The van der Waals surface area contributed by atoms with E-state index in [2.05, 4.69) is 5.32 Å². The third kappa shape index (κ3) is 3.62. The number of hydrogen-bond acceptors (Lipinski definition) is 3. The maximum absolute atomic E-state index is 13.2. The van der Waals surface area contributed by atoms with E-state index in [-0.39, 0.29) is 18.1 Å². The number of pyridine rings is 1. The third-order valence-corrected chi connectivity index (χ3v) is 5.77. The van der Waals surface area contributed by atoms with Crippen molar-refractivity contribution in [1.29, 1.82) is 0 Å². The van der Waals surface area contributed by atoms with Gasteiger partial charge in [-0.25, -0.2) is 4.98 Å². The van der Waals surface area contributed by atoms with Crippen molar-refractivity contribution in [2.45, 2.75) is 38.8 Å². The molecule has 0 unspecified atom stereocenters. The summed E-state index contributed by atoms with van der Waals surface area (Å²) in [5.74, 6) is -0.116. The SMILES string of the molecule is Cc1c(Cl)ccc2c(C(=O)N[C@H](C)[C@H]3CCCO3)cc(-c3ccccc3)nc12. The second kappa shape index (κ2) is 7.90. The molecular formula is C23H23ClN2O2. The first-order valence-corrected chi connectivity index (χ1v) is 10.00. The number of benzene rings is 2. The van der Waals surface area contributed by atoms with Crippen molar-refractivity contribution in [3.8, 4) is 11.3 Å². The van der Waals surface area contributed by atoms with E-state index in [9.17, 15) is 4.79 Å². The molecule has 2 heterocycles. The van der Waals surface area contributed by atoms with Gasteiger partial charge in [0.1, 0.15) is 0 Å². The van der Waals surface area contributed by atoms with E-state index in [0.29, 0.717) is 10.6 Å². The van der Waals surface area contributed by atoms with E-state index >= 15 is 0 Å². The van der Waals surface area contributed by atoms with E-state index in [0.717, 1.165) is 47.2 Å².